The first kappa shape index (κ1) is 12.6. The lowest BCUT2D eigenvalue weighted by molar-refractivity contribution is 0.445. The second-order valence-electron chi connectivity index (χ2n) is 3.81. The molecule has 0 saturated carbocycles. The molecule has 0 amide bonds. The van der Waals surface area contributed by atoms with Crippen LogP contribution in [0.25, 0.3) is 5.69 Å². The van der Waals surface area contributed by atoms with E-state index in [9.17, 15) is 13.2 Å². The summed E-state index contributed by atoms with van der Waals surface area (Å²) in [5.74, 6) is -3.96. The maximum atomic E-state index is 13.2. The fourth-order valence-electron chi connectivity index (χ4n) is 1.84. The summed E-state index contributed by atoms with van der Waals surface area (Å²) < 4.78 is 40.6. The van der Waals surface area contributed by atoms with Crippen molar-refractivity contribution in [1.29, 1.82) is 0 Å². The van der Waals surface area contributed by atoms with Gasteiger partial charge in [-0.25, -0.2) is 17.9 Å². The van der Waals surface area contributed by atoms with Crippen molar-refractivity contribution in [3.8, 4) is 5.69 Å². The number of benzene rings is 1. The molecule has 3 nitrogen and oxygen atoms in total. The monoisotopic (exact) mass is 255 g/mol. The zero-order chi connectivity index (χ0) is 13.3. The van der Waals surface area contributed by atoms with E-state index in [1.54, 1.807) is 0 Å². The van der Waals surface area contributed by atoms with Crippen LogP contribution in [0.4, 0.5) is 13.2 Å². The van der Waals surface area contributed by atoms with Crippen LogP contribution in [0.5, 0.6) is 0 Å². The van der Waals surface area contributed by atoms with Crippen molar-refractivity contribution in [2.24, 2.45) is 5.73 Å². The highest BCUT2D eigenvalue weighted by Crippen LogP contribution is 2.20. The molecule has 0 fully saturated rings. The molecule has 1 aromatic heterocycles. The van der Waals surface area contributed by atoms with Crippen molar-refractivity contribution in [2.75, 3.05) is 0 Å². The Kier molecular flexibility index (Phi) is 3.38. The summed E-state index contributed by atoms with van der Waals surface area (Å²) in [6.45, 7) is 2.16. The highest BCUT2D eigenvalue weighted by molar-refractivity contribution is 5.36. The first-order chi connectivity index (χ1) is 8.58. The largest absolute Gasteiger partial charge is 0.326 e. The predicted molar refractivity (Wildman–Crippen MR) is 60.7 cm³/mol. The molecule has 0 aliphatic carbocycles. The predicted octanol–water partition coefficient (Wildman–Crippen LogP) is 2.31. The standard InChI is InChI=1S/C12H12F3N3/c1-2-11-7(5-16)6-17-18(11)8-3-9(13)12(15)10(14)4-8/h3-4,6H,2,5,16H2,1H3. The third-order valence-corrected chi connectivity index (χ3v) is 2.72. The molecule has 0 unspecified atom stereocenters. The lowest BCUT2D eigenvalue weighted by Crippen LogP contribution is -2.06. The molecule has 0 aliphatic heterocycles. The number of rotatable bonds is 3. The second kappa shape index (κ2) is 4.81. The normalized spacial score (nSPS) is 10.9. The van der Waals surface area contributed by atoms with Gasteiger partial charge >= 0.3 is 0 Å². The fraction of sp³-hybridized carbons (Fsp3) is 0.250. The van der Waals surface area contributed by atoms with E-state index in [1.165, 1.54) is 10.9 Å². The molecule has 1 aromatic carbocycles. The van der Waals surface area contributed by atoms with Crippen molar-refractivity contribution in [3.63, 3.8) is 0 Å². The number of nitrogens with two attached hydrogens (primary N) is 1. The van der Waals surface area contributed by atoms with Gasteiger partial charge in [-0.05, 0) is 6.42 Å². The quantitative estimate of drug-likeness (QED) is 0.855. The van der Waals surface area contributed by atoms with E-state index in [4.69, 9.17) is 5.73 Å². The Morgan fingerprint density at radius 3 is 2.33 bits per heavy atom. The summed E-state index contributed by atoms with van der Waals surface area (Å²) in [5.41, 5.74) is 7.23. The van der Waals surface area contributed by atoms with Crippen LogP contribution in [0, 0.1) is 17.5 Å². The summed E-state index contributed by atoms with van der Waals surface area (Å²) in [7, 11) is 0. The molecule has 6 heteroatoms. The van der Waals surface area contributed by atoms with E-state index in [1.807, 2.05) is 6.92 Å². The first-order valence-electron chi connectivity index (χ1n) is 5.49. The van der Waals surface area contributed by atoms with Gasteiger partial charge < -0.3 is 5.73 Å². The van der Waals surface area contributed by atoms with E-state index in [-0.39, 0.29) is 12.2 Å². The number of hydrogen-bond acceptors (Lipinski definition) is 2. The Hall–Kier alpha value is -1.82. The van der Waals surface area contributed by atoms with Gasteiger partial charge in [-0.1, -0.05) is 6.92 Å². The van der Waals surface area contributed by atoms with E-state index < -0.39 is 17.5 Å². The molecule has 18 heavy (non-hydrogen) atoms. The lowest BCUT2D eigenvalue weighted by Gasteiger charge is -2.08. The van der Waals surface area contributed by atoms with Gasteiger partial charge in [0.2, 0.25) is 0 Å². The minimum absolute atomic E-state index is 0.142. The molecule has 0 radical (unpaired) electrons. The SMILES string of the molecule is CCc1c(CN)cnn1-c1cc(F)c(F)c(F)c1. The molecule has 2 aromatic rings. The van der Waals surface area contributed by atoms with Crippen LogP contribution in [-0.4, -0.2) is 9.78 Å². The molecule has 0 saturated heterocycles. The second-order valence-corrected chi connectivity index (χ2v) is 3.81. The Morgan fingerprint density at radius 2 is 1.83 bits per heavy atom. The third-order valence-electron chi connectivity index (χ3n) is 2.72. The maximum absolute atomic E-state index is 13.2. The molecule has 1 heterocycles. The molecule has 0 spiro atoms. The minimum atomic E-state index is -1.48. The van der Waals surface area contributed by atoms with Crippen LogP contribution in [0.3, 0.4) is 0 Å². The first-order valence-corrected chi connectivity index (χ1v) is 5.49. The van der Waals surface area contributed by atoms with Gasteiger partial charge in [0.05, 0.1) is 11.9 Å². The van der Waals surface area contributed by atoms with Crippen molar-refractivity contribution in [3.05, 3.63) is 47.0 Å². The molecule has 96 valence electrons. The highest BCUT2D eigenvalue weighted by Gasteiger charge is 2.15. The van der Waals surface area contributed by atoms with Crippen LogP contribution < -0.4 is 5.73 Å². The van der Waals surface area contributed by atoms with E-state index in [0.717, 1.165) is 23.4 Å². The van der Waals surface area contributed by atoms with Gasteiger partial charge in [0, 0.05) is 29.9 Å². The van der Waals surface area contributed by atoms with Gasteiger partial charge in [0.1, 0.15) is 0 Å². The Bertz CT molecular complexity index is 555. The number of aromatic nitrogens is 2. The summed E-state index contributed by atoms with van der Waals surface area (Å²) in [5, 5.41) is 4.02. The van der Waals surface area contributed by atoms with E-state index >= 15 is 0 Å². The van der Waals surface area contributed by atoms with E-state index in [0.29, 0.717) is 6.42 Å². The Morgan fingerprint density at radius 1 is 1.22 bits per heavy atom. The van der Waals surface area contributed by atoms with Gasteiger partial charge in [0.15, 0.2) is 17.5 Å². The van der Waals surface area contributed by atoms with Crippen LogP contribution in [0.1, 0.15) is 18.2 Å². The summed E-state index contributed by atoms with van der Waals surface area (Å²) in [6.07, 6.45) is 2.14. The van der Waals surface area contributed by atoms with E-state index in [2.05, 4.69) is 5.10 Å². The molecule has 0 bridgehead atoms. The molecule has 0 aliphatic rings. The van der Waals surface area contributed by atoms with Crippen molar-refractivity contribution in [1.82, 2.24) is 9.78 Å². The van der Waals surface area contributed by atoms with Crippen LogP contribution in [-0.2, 0) is 13.0 Å². The zero-order valence-electron chi connectivity index (χ0n) is 9.75. The molecule has 2 rings (SSSR count). The topological polar surface area (TPSA) is 43.8 Å². The summed E-state index contributed by atoms with van der Waals surface area (Å²) in [6, 6.07) is 1.82. The fourth-order valence-corrected chi connectivity index (χ4v) is 1.84. The summed E-state index contributed by atoms with van der Waals surface area (Å²) in [4.78, 5) is 0. The molecular weight excluding hydrogens is 243 g/mol. The summed E-state index contributed by atoms with van der Waals surface area (Å²) >= 11 is 0. The van der Waals surface area contributed by atoms with Gasteiger partial charge in [0.25, 0.3) is 0 Å². The smallest absolute Gasteiger partial charge is 0.194 e. The van der Waals surface area contributed by atoms with Crippen molar-refractivity contribution < 1.29 is 13.2 Å². The number of hydrogen-bond donors (Lipinski definition) is 1. The van der Waals surface area contributed by atoms with Crippen molar-refractivity contribution >= 4 is 0 Å². The van der Waals surface area contributed by atoms with Crippen LogP contribution in [0.2, 0.25) is 0 Å². The third kappa shape index (κ3) is 1.99. The number of nitrogens with zero attached hydrogens (tertiary/aromatic N) is 2. The van der Waals surface area contributed by atoms with Crippen LogP contribution in [0.15, 0.2) is 18.3 Å². The van der Waals surface area contributed by atoms with Crippen molar-refractivity contribution in [2.45, 2.75) is 19.9 Å². The number of halogens is 3. The Balaban J connectivity index is 2.58. The zero-order valence-corrected chi connectivity index (χ0v) is 9.75. The van der Waals surface area contributed by atoms with Gasteiger partial charge in [-0.15, -0.1) is 0 Å². The average molecular weight is 255 g/mol. The minimum Gasteiger partial charge on any atom is -0.326 e. The van der Waals surface area contributed by atoms with Crippen LogP contribution >= 0.6 is 0 Å². The molecule has 0 atom stereocenters. The lowest BCUT2D eigenvalue weighted by atomic mass is 10.2. The molecule has 2 N–H and O–H groups in total. The van der Waals surface area contributed by atoms with Gasteiger partial charge in [-0.3, -0.25) is 0 Å². The average Bonchev–Trinajstić information content (AvgIpc) is 2.77. The van der Waals surface area contributed by atoms with Gasteiger partial charge in [-0.2, -0.15) is 5.10 Å². The Labute approximate surface area is 102 Å². The molecular formula is C12H12F3N3. The maximum Gasteiger partial charge on any atom is 0.194 e. The highest BCUT2D eigenvalue weighted by atomic mass is 19.2.